The second-order valence-corrected chi connectivity index (χ2v) is 8.69. The molecule has 0 spiro atoms. The summed E-state index contributed by atoms with van der Waals surface area (Å²) in [7, 11) is -0.984. The van der Waals surface area contributed by atoms with E-state index in [1.54, 1.807) is 11.8 Å². The van der Waals surface area contributed by atoms with Gasteiger partial charge in [0, 0.05) is 17.8 Å². The Bertz CT molecular complexity index is 660. The van der Waals surface area contributed by atoms with E-state index >= 15 is 0 Å². The molecule has 1 aromatic carbocycles. The Hall–Kier alpha value is -0.720. The molecule has 2 aliphatic rings. The standard InChI is InChI=1S/C13H15ClN2O2S2/c1-16-12-8-20(17,18)7-11(12)15-13(16)19-6-9-3-2-4-10(14)5-9/h2-5,11-12H,6-8H2,1H3/t11-,12-/m0/s1. The van der Waals surface area contributed by atoms with Crippen molar-refractivity contribution in [2.45, 2.75) is 17.8 Å². The molecule has 0 aliphatic carbocycles. The third-order valence-corrected chi connectivity index (χ3v) is 6.69. The molecule has 0 saturated carbocycles. The molecule has 0 radical (unpaired) electrons. The summed E-state index contributed by atoms with van der Waals surface area (Å²) in [5.41, 5.74) is 1.14. The minimum atomic E-state index is -2.91. The van der Waals surface area contributed by atoms with Crippen LogP contribution in [0.15, 0.2) is 29.3 Å². The summed E-state index contributed by atoms with van der Waals surface area (Å²) in [6, 6.07) is 7.67. The second kappa shape index (κ2) is 5.24. The summed E-state index contributed by atoms with van der Waals surface area (Å²) in [4.78, 5) is 6.56. The van der Waals surface area contributed by atoms with Crippen molar-refractivity contribution in [2.75, 3.05) is 18.6 Å². The van der Waals surface area contributed by atoms with Crippen LogP contribution in [0.25, 0.3) is 0 Å². The molecule has 20 heavy (non-hydrogen) atoms. The maximum atomic E-state index is 11.6. The molecular weight excluding hydrogens is 316 g/mol. The molecule has 1 aromatic rings. The smallest absolute Gasteiger partial charge is 0.159 e. The van der Waals surface area contributed by atoms with E-state index in [0.717, 1.165) is 21.5 Å². The number of fused-ring (bicyclic) bond motifs is 1. The predicted molar refractivity (Wildman–Crippen MR) is 84.2 cm³/mol. The Labute approximate surface area is 128 Å². The van der Waals surface area contributed by atoms with Crippen molar-refractivity contribution in [3.8, 4) is 0 Å². The van der Waals surface area contributed by atoms with Gasteiger partial charge in [0.15, 0.2) is 15.0 Å². The van der Waals surface area contributed by atoms with Crippen LogP contribution in [0.5, 0.6) is 0 Å². The SMILES string of the molecule is CN1C(SCc2cccc(Cl)c2)=N[C@H]2CS(=O)(=O)C[C@@H]21. The minimum absolute atomic E-state index is 0.0156. The highest BCUT2D eigenvalue weighted by atomic mass is 35.5. The number of hydrogen-bond donors (Lipinski definition) is 0. The molecule has 0 amide bonds. The third-order valence-electron chi connectivity index (χ3n) is 3.63. The highest BCUT2D eigenvalue weighted by Crippen LogP contribution is 2.31. The fourth-order valence-corrected chi connectivity index (χ4v) is 5.75. The van der Waals surface area contributed by atoms with Crippen LogP contribution in [-0.4, -0.2) is 49.1 Å². The van der Waals surface area contributed by atoms with Crippen LogP contribution < -0.4 is 0 Å². The van der Waals surface area contributed by atoms with Crippen molar-refractivity contribution >= 4 is 38.4 Å². The van der Waals surface area contributed by atoms with E-state index in [0.29, 0.717) is 0 Å². The summed E-state index contributed by atoms with van der Waals surface area (Å²) in [6.45, 7) is 0. The average Bonchev–Trinajstić information content (AvgIpc) is 2.81. The van der Waals surface area contributed by atoms with Crippen molar-refractivity contribution in [3.05, 3.63) is 34.9 Å². The first kappa shape index (κ1) is 14.2. The summed E-state index contributed by atoms with van der Waals surface area (Å²) in [5, 5.41) is 1.66. The predicted octanol–water partition coefficient (Wildman–Crippen LogP) is 2.04. The van der Waals surface area contributed by atoms with Gasteiger partial charge < -0.3 is 4.90 Å². The number of benzene rings is 1. The number of nitrogens with zero attached hydrogens (tertiary/aromatic N) is 2. The van der Waals surface area contributed by atoms with Crippen molar-refractivity contribution < 1.29 is 8.42 Å². The fraction of sp³-hybridized carbons (Fsp3) is 0.462. The van der Waals surface area contributed by atoms with Crippen molar-refractivity contribution in [2.24, 2.45) is 4.99 Å². The normalized spacial score (nSPS) is 27.5. The average molecular weight is 331 g/mol. The van der Waals surface area contributed by atoms with Crippen LogP contribution >= 0.6 is 23.4 Å². The molecule has 2 atom stereocenters. The van der Waals surface area contributed by atoms with Crippen LogP contribution in [0, 0.1) is 0 Å². The Balaban J connectivity index is 1.68. The maximum Gasteiger partial charge on any atom is 0.159 e. The van der Waals surface area contributed by atoms with Gasteiger partial charge in [-0.15, -0.1) is 0 Å². The molecule has 108 valence electrons. The monoisotopic (exact) mass is 330 g/mol. The third kappa shape index (κ3) is 2.82. The van der Waals surface area contributed by atoms with E-state index < -0.39 is 9.84 Å². The summed E-state index contributed by atoms with van der Waals surface area (Å²) in [5.74, 6) is 1.19. The van der Waals surface area contributed by atoms with Gasteiger partial charge in [0.25, 0.3) is 0 Å². The lowest BCUT2D eigenvalue weighted by Gasteiger charge is -2.20. The van der Waals surface area contributed by atoms with Gasteiger partial charge in [-0.2, -0.15) is 0 Å². The molecule has 0 N–H and O–H groups in total. The van der Waals surface area contributed by atoms with E-state index in [4.69, 9.17) is 11.6 Å². The molecule has 4 nitrogen and oxygen atoms in total. The highest BCUT2D eigenvalue weighted by molar-refractivity contribution is 8.13. The summed E-state index contributed by atoms with van der Waals surface area (Å²) >= 11 is 7.59. The van der Waals surface area contributed by atoms with E-state index in [1.807, 2.05) is 36.2 Å². The maximum absolute atomic E-state index is 11.6. The Kier molecular flexibility index (Phi) is 3.73. The van der Waals surface area contributed by atoms with E-state index in [1.165, 1.54) is 0 Å². The first-order valence-electron chi connectivity index (χ1n) is 6.33. The number of sulfone groups is 1. The molecule has 0 bridgehead atoms. The van der Waals surface area contributed by atoms with Gasteiger partial charge in [-0.05, 0) is 17.7 Å². The zero-order chi connectivity index (χ0) is 14.3. The van der Waals surface area contributed by atoms with Crippen LogP contribution in [0.3, 0.4) is 0 Å². The zero-order valence-electron chi connectivity index (χ0n) is 11.0. The Morgan fingerprint density at radius 2 is 2.25 bits per heavy atom. The molecule has 0 aromatic heterocycles. The quantitative estimate of drug-likeness (QED) is 0.832. The number of rotatable bonds is 2. The number of amidine groups is 1. The topological polar surface area (TPSA) is 49.7 Å². The van der Waals surface area contributed by atoms with Crippen LogP contribution in [-0.2, 0) is 15.6 Å². The van der Waals surface area contributed by atoms with Gasteiger partial charge in [-0.3, -0.25) is 4.99 Å². The molecule has 3 rings (SSSR count). The van der Waals surface area contributed by atoms with Crippen LogP contribution in [0.1, 0.15) is 5.56 Å². The Morgan fingerprint density at radius 1 is 1.45 bits per heavy atom. The molecule has 2 aliphatic heterocycles. The first-order valence-corrected chi connectivity index (χ1v) is 9.51. The summed E-state index contributed by atoms with van der Waals surface area (Å²) < 4.78 is 23.2. The van der Waals surface area contributed by atoms with E-state index in [2.05, 4.69) is 4.99 Å². The molecule has 2 heterocycles. The lowest BCUT2D eigenvalue weighted by molar-refractivity contribution is 0.410. The Morgan fingerprint density at radius 3 is 2.95 bits per heavy atom. The van der Waals surface area contributed by atoms with Gasteiger partial charge in [0.05, 0.1) is 23.6 Å². The van der Waals surface area contributed by atoms with E-state index in [9.17, 15) is 8.42 Å². The van der Waals surface area contributed by atoms with Gasteiger partial charge >= 0.3 is 0 Å². The molecule has 7 heteroatoms. The van der Waals surface area contributed by atoms with Gasteiger partial charge in [0.1, 0.15) is 0 Å². The molecule has 1 saturated heterocycles. The van der Waals surface area contributed by atoms with Gasteiger partial charge in [0.2, 0.25) is 0 Å². The molecule has 1 fully saturated rings. The number of halogens is 1. The summed E-state index contributed by atoms with van der Waals surface area (Å²) in [6.07, 6.45) is 0. The lowest BCUT2D eigenvalue weighted by Crippen LogP contribution is -2.35. The van der Waals surface area contributed by atoms with Crippen molar-refractivity contribution in [1.29, 1.82) is 0 Å². The molecule has 0 unspecified atom stereocenters. The van der Waals surface area contributed by atoms with Gasteiger partial charge in [-0.1, -0.05) is 35.5 Å². The first-order chi connectivity index (χ1) is 9.44. The number of thioether (sulfide) groups is 1. The van der Waals surface area contributed by atoms with Crippen molar-refractivity contribution in [3.63, 3.8) is 0 Å². The van der Waals surface area contributed by atoms with Crippen molar-refractivity contribution in [1.82, 2.24) is 4.90 Å². The fourth-order valence-electron chi connectivity index (χ4n) is 2.59. The zero-order valence-corrected chi connectivity index (χ0v) is 13.4. The second-order valence-electron chi connectivity index (χ2n) is 5.15. The van der Waals surface area contributed by atoms with Gasteiger partial charge in [-0.25, -0.2) is 8.42 Å². The lowest BCUT2D eigenvalue weighted by atomic mass is 10.2. The highest BCUT2D eigenvalue weighted by Gasteiger charge is 2.44. The number of hydrogen-bond acceptors (Lipinski definition) is 5. The number of likely N-dealkylation sites (N-methyl/N-ethyl adjacent to an activating group) is 1. The molecular formula is C13H15ClN2O2S2. The minimum Gasteiger partial charge on any atom is -0.348 e. The van der Waals surface area contributed by atoms with Crippen LogP contribution in [0.4, 0.5) is 0 Å². The number of aliphatic imine (C=N–C) groups is 1. The largest absolute Gasteiger partial charge is 0.348 e. The van der Waals surface area contributed by atoms with E-state index in [-0.39, 0.29) is 23.6 Å². The van der Waals surface area contributed by atoms with Crippen LogP contribution in [0.2, 0.25) is 5.02 Å².